The third-order valence-corrected chi connectivity index (χ3v) is 5.26. The molecule has 0 saturated heterocycles. The Morgan fingerprint density at radius 3 is 1.15 bits per heavy atom. The average Bonchev–Trinajstić information content (AvgIpc) is 2.50. The van der Waals surface area contributed by atoms with E-state index in [-0.39, 0.29) is 11.1 Å². The van der Waals surface area contributed by atoms with Crippen molar-refractivity contribution in [3.8, 4) is 0 Å². The topological polar surface area (TPSA) is 182 Å². The minimum absolute atomic E-state index is 0.387. The standard InChI is InChI=1S/C10H8O8S2.2C2H7N/c11-7-5-3-1-2-4-6(5)8(12)10(20(16,17)18)9(7)19(13,14)15;2*1-3-2/h1-4,9-10H,(H,13,14,15)(H,16,17,18);2*3H,1-2H3. The second kappa shape index (κ2) is 9.85. The van der Waals surface area contributed by atoms with Gasteiger partial charge in [-0.25, -0.2) is 16.8 Å². The molecule has 148 valence electrons. The molecule has 0 bridgehead atoms. The first-order valence-corrected chi connectivity index (χ1v) is 10.4. The van der Waals surface area contributed by atoms with Gasteiger partial charge in [0.2, 0.25) is 0 Å². The zero-order valence-electron chi connectivity index (χ0n) is 14.7. The molecule has 1 aliphatic carbocycles. The highest BCUT2D eigenvalue weighted by Gasteiger charge is 2.48. The van der Waals surface area contributed by atoms with E-state index in [9.17, 15) is 35.5 Å². The highest BCUT2D eigenvalue weighted by atomic mass is 32.2. The van der Waals surface area contributed by atoms with Crippen LogP contribution < -0.4 is 10.6 Å². The molecule has 0 heterocycles. The lowest BCUT2D eigenvalue weighted by Gasteiger charge is -2.33. The Balaban J connectivity index is 0.000000918. The number of carbonyl (C=O) groups excluding carboxylic acids is 2. The summed E-state index contributed by atoms with van der Waals surface area (Å²) in [7, 11) is -2.97. The van der Waals surface area contributed by atoms with Crippen LogP contribution in [0.15, 0.2) is 24.3 Å². The van der Waals surface area contributed by atoms with Crippen LogP contribution in [-0.4, -0.2) is 76.2 Å². The van der Waals surface area contributed by atoms with Crippen molar-refractivity contribution in [2.45, 2.75) is 10.5 Å². The molecule has 1 aromatic rings. The summed E-state index contributed by atoms with van der Waals surface area (Å²) >= 11 is 0. The molecule has 1 aromatic carbocycles. The first-order valence-electron chi connectivity index (χ1n) is 7.43. The predicted molar refractivity (Wildman–Crippen MR) is 89.6 cm³/mol. The molecular formula is C14H22N2O8S2. The van der Waals surface area contributed by atoms with Crippen LogP contribution in [0.4, 0.5) is 0 Å². The molecular weight excluding hydrogens is 388 g/mol. The molecule has 4 N–H and O–H groups in total. The van der Waals surface area contributed by atoms with Crippen LogP contribution in [0.5, 0.6) is 0 Å². The molecule has 2 unspecified atom stereocenters. The molecule has 12 heteroatoms. The summed E-state index contributed by atoms with van der Waals surface area (Å²) < 4.78 is 66.5. The van der Waals surface area contributed by atoms with Crippen molar-refractivity contribution in [1.29, 1.82) is 0 Å². The van der Waals surface area contributed by atoms with Gasteiger partial charge in [0.05, 0.1) is 28.2 Å². The second-order valence-electron chi connectivity index (χ2n) is 5.26. The Hall–Kier alpha value is -1.70. The SMILES string of the molecule is C[NH2+]C.C[NH2+]C.O=C1c2ccccc2C(=O)C(S(=O)(=O)[O-])C1S(=O)(=O)[O-]. The van der Waals surface area contributed by atoms with E-state index in [1.165, 1.54) is 12.1 Å². The van der Waals surface area contributed by atoms with Gasteiger partial charge in [-0.2, -0.15) is 0 Å². The summed E-state index contributed by atoms with van der Waals surface area (Å²) in [6.45, 7) is 0. The summed E-state index contributed by atoms with van der Waals surface area (Å²) in [6.07, 6.45) is 0. The summed E-state index contributed by atoms with van der Waals surface area (Å²) in [6, 6.07) is 4.79. The summed E-state index contributed by atoms with van der Waals surface area (Å²) in [5, 5.41) is -1.49. The summed E-state index contributed by atoms with van der Waals surface area (Å²) in [5.74, 6) is -2.72. The average molecular weight is 410 g/mol. The van der Waals surface area contributed by atoms with Crippen LogP contribution in [0, 0.1) is 0 Å². The maximum Gasteiger partial charge on any atom is 0.182 e. The minimum atomic E-state index is -5.48. The van der Waals surface area contributed by atoms with Crippen molar-refractivity contribution in [2.24, 2.45) is 0 Å². The maximum atomic E-state index is 11.9. The Morgan fingerprint density at radius 1 is 0.731 bits per heavy atom. The maximum absolute atomic E-state index is 11.9. The van der Waals surface area contributed by atoms with Gasteiger partial charge in [0.25, 0.3) is 0 Å². The van der Waals surface area contributed by atoms with Gasteiger partial charge in [-0.1, -0.05) is 24.3 Å². The van der Waals surface area contributed by atoms with Gasteiger partial charge in [-0.15, -0.1) is 0 Å². The van der Waals surface area contributed by atoms with Crippen molar-refractivity contribution in [3.63, 3.8) is 0 Å². The molecule has 2 atom stereocenters. The number of benzene rings is 1. The lowest BCUT2D eigenvalue weighted by Crippen LogP contribution is -2.74. The number of Topliss-reactive ketones (excluding diaryl/α,β-unsaturated/α-hetero) is 2. The van der Waals surface area contributed by atoms with E-state index < -0.39 is 42.3 Å². The van der Waals surface area contributed by atoms with E-state index in [0.717, 1.165) is 12.1 Å². The zero-order valence-corrected chi connectivity index (χ0v) is 16.3. The van der Waals surface area contributed by atoms with E-state index in [2.05, 4.69) is 0 Å². The van der Waals surface area contributed by atoms with Gasteiger partial charge in [0.15, 0.2) is 11.6 Å². The zero-order chi connectivity index (χ0) is 20.7. The van der Waals surface area contributed by atoms with E-state index in [4.69, 9.17) is 0 Å². The number of hydrogen-bond donors (Lipinski definition) is 2. The van der Waals surface area contributed by atoms with Gasteiger partial charge >= 0.3 is 0 Å². The van der Waals surface area contributed by atoms with E-state index in [1.807, 2.05) is 38.8 Å². The van der Waals surface area contributed by atoms with Crippen molar-refractivity contribution in [3.05, 3.63) is 35.4 Å². The lowest BCUT2D eigenvalue weighted by molar-refractivity contribution is -0.597. The number of fused-ring (bicyclic) bond motifs is 1. The molecule has 2 rings (SSSR count). The molecule has 0 aromatic heterocycles. The normalized spacial score (nSPS) is 19.5. The quantitative estimate of drug-likeness (QED) is 0.471. The molecule has 0 aliphatic heterocycles. The Kier molecular flexibility index (Phi) is 9.20. The molecule has 10 nitrogen and oxygen atoms in total. The van der Waals surface area contributed by atoms with Gasteiger partial charge in [-0.05, 0) is 0 Å². The van der Waals surface area contributed by atoms with Crippen molar-refractivity contribution in [1.82, 2.24) is 0 Å². The van der Waals surface area contributed by atoms with Crippen LogP contribution in [0.2, 0.25) is 0 Å². The highest BCUT2D eigenvalue weighted by molar-refractivity contribution is 7.91. The molecule has 0 amide bonds. The smallest absolute Gasteiger partial charge is 0.182 e. The molecule has 0 radical (unpaired) electrons. The minimum Gasteiger partial charge on any atom is -0.747 e. The first-order chi connectivity index (χ1) is 11.9. The van der Waals surface area contributed by atoms with Gasteiger partial charge in [-0.3, -0.25) is 9.59 Å². The van der Waals surface area contributed by atoms with Crippen LogP contribution in [-0.2, 0) is 20.2 Å². The Morgan fingerprint density at radius 2 is 0.962 bits per heavy atom. The number of hydrogen-bond acceptors (Lipinski definition) is 8. The van der Waals surface area contributed by atoms with Gasteiger partial charge in [0.1, 0.15) is 30.7 Å². The number of rotatable bonds is 2. The number of quaternary nitrogens is 2. The fourth-order valence-corrected chi connectivity index (χ4v) is 4.51. The molecule has 26 heavy (non-hydrogen) atoms. The molecule has 1 aliphatic rings. The largest absolute Gasteiger partial charge is 0.747 e. The van der Waals surface area contributed by atoms with Crippen molar-refractivity contribution < 1.29 is 46.2 Å². The molecule has 0 spiro atoms. The molecule has 0 fully saturated rings. The Bertz CT molecular complexity index is 778. The fourth-order valence-electron chi connectivity index (χ4n) is 2.06. The van der Waals surface area contributed by atoms with Crippen molar-refractivity contribution >= 4 is 31.8 Å². The van der Waals surface area contributed by atoms with Crippen LogP contribution in [0.25, 0.3) is 0 Å². The van der Waals surface area contributed by atoms with Crippen molar-refractivity contribution in [2.75, 3.05) is 28.2 Å². The summed E-state index contributed by atoms with van der Waals surface area (Å²) in [5.41, 5.74) is -0.774. The van der Waals surface area contributed by atoms with E-state index in [0.29, 0.717) is 0 Å². The number of nitrogens with two attached hydrogens (primary N) is 2. The third kappa shape index (κ3) is 5.93. The predicted octanol–water partition coefficient (Wildman–Crippen LogP) is -3.49. The second-order valence-corrected chi connectivity index (χ2v) is 8.24. The molecule has 0 saturated carbocycles. The highest BCUT2D eigenvalue weighted by Crippen LogP contribution is 2.29. The third-order valence-electron chi connectivity index (χ3n) is 2.87. The van der Waals surface area contributed by atoms with Crippen LogP contribution in [0.3, 0.4) is 0 Å². The lowest BCUT2D eigenvalue weighted by atomic mass is 9.89. The fraction of sp³-hybridized carbons (Fsp3) is 0.429. The van der Waals surface area contributed by atoms with Crippen LogP contribution in [0.1, 0.15) is 20.7 Å². The Labute approximate surface area is 152 Å². The van der Waals surface area contributed by atoms with E-state index in [1.54, 1.807) is 0 Å². The van der Waals surface area contributed by atoms with E-state index >= 15 is 0 Å². The summed E-state index contributed by atoms with van der Waals surface area (Å²) in [4.78, 5) is 23.9. The number of carbonyl (C=O) groups is 2. The van der Waals surface area contributed by atoms with Gasteiger partial charge < -0.3 is 19.7 Å². The van der Waals surface area contributed by atoms with Crippen LogP contribution >= 0.6 is 0 Å². The number of ketones is 2. The monoisotopic (exact) mass is 410 g/mol. The first kappa shape index (κ1) is 24.3. The van der Waals surface area contributed by atoms with Gasteiger partial charge in [0, 0.05) is 11.1 Å².